The zero-order valence-corrected chi connectivity index (χ0v) is 15.1. The first-order valence-corrected chi connectivity index (χ1v) is 9.16. The summed E-state index contributed by atoms with van der Waals surface area (Å²) in [5.41, 5.74) is 0.0713. The van der Waals surface area contributed by atoms with Gasteiger partial charge in [0.15, 0.2) is 0 Å². The summed E-state index contributed by atoms with van der Waals surface area (Å²) in [4.78, 5) is 35.9. The van der Waals surface area contributed by atoms with E-state index in [9.17, 15) is 9.59 Å². The fourth-order valence-corrected chi connectivity index (χ4v) is 3.75. The summed E-state index contributed by atoms with van der Waals surface area (Å²) in [6.45, 7) is 4.91. The molecule has 0 bridgehead atoms. The van der Waals surface area contributed by atoms with Crippen molar-refractivity contribution in [2.45, 2.75) is 51.2 Å². The first-order valence-electron chi connectivity index (χ1n) is 8.28. The van der Waals surface area contributed by atoms with Gasteiger partial charge in [-0.1, -0.05) is 0 Å². The number of hydrogen-bond acceptors (Lipinski definition) is 6. The molecule has 2 heterocycles. The Labute approximate surface area is 145 Å². The summed E-state index contributed by atoms with van der Waals surface area (Å²) in [5, 5.41) is 3.76. The molecule has 1 aromatic rings. The molecule has 0 spiro atoms. The second-order valence-electron chi connectivity index (χ2n) is 6.42. The number of nitrogens with zero attached hydrogens (tertiary/aromatic N) is 3. The fourth-order valence-electron chi connectivity index (χ4n) is 2.81. The average Bonchev–Trinajstić information content (AvgIpc) is 3.02. The van der Waals surface area contributed by atoms with Gasteiger partial charge in [0, 0.05) is 18.5 Å². The van der Waals surface area contributed by atoms with Crippen LogP contribution in [0.2, 0.25) is 0 Å². The van der Waals surface area contributed by atoms with E-state index in [4.69, 9.17) is 9.57 Å². The van der Waals surface area contributed by atoms with Crippen LogP contribution in [0, 0.1) is 0 Å². The van der Waals surface area contributed by atoms with Crippen LogP contribution in [0.5, 0.6) is 0 Å². The molecular weight excluding hydrogens is 330 g/mol. The number of rotatable bonds is 5. The van der Waals surface area contributed by atoms with E-state index in [-0.39, 0.29) is 23.6 Å². The lowest BCUT2D eigenvalue weighted by Gasteiger charge is -2.24. The third-order valence-electron chi connectivity index (χ3n) is 4.54. The predicted octanol–water partition coefficient (Wildman–Crippen LogP) is 2.99. The molecule has 1 aliphatic heterocycles. The van der Waals surface area contributed by atoms with E-state index in [0.717, 1.165) is 30.7 Å². The maximum absolute atomic E-state index is 12.4. The van der Waals surface area contributed by atoms with E-state index in [1.807, 2.05) is 13.8 Å². The van der Waals surface area contributed by atoms with Gasteiger partial charge in [0.2, 0.25) is 0 Å². The van der Waals surface area contributed by atoms with Crippen LogP contribution in [0.1, 0.15) is 61.1 Å². The Hall–Kier alpha value is -1.67. The summed E-state index contributed by atoms with van der Waals surface area (Å²) in [6.07, 6.45) is 3.34. The molecule has 132 valence electrons. The first-order chi connectivity index (χ1) is 11.5. The van der Waals surface area contributed by atoms with Crippen molar-refractivity contribution in [2.75, 3.05) is 20.2 Å². The highest BCUT2D eigenvalue weighted by atomic mass is 32.1. The van der Waals surface area contributed by atoms with Gasteiger partial charge in [0.1, 0.15) is 16.3 Å². The topological polar surface area (TPSA) is 72.0 Å². The summed E-state index contributed by atoms with van der Waals surface area (Å²) >= 11 is 1.40. The van der Waals surface area contributed by atoms with Crippen molar-refractivity contribution in [1.82, 2.24) is 14.9 Å². The Morgan fingerprint density at radius 3 is 2.88 bits per heavy atom. The highest BCUT2D eigenvalue weighted by Gasteiger charge is 2.44. The monoisotopic (exact) mass is 353 g/mol. The van der Waals surface area contributed by atoms with Gasteiger partial charge in [-0.15, -0.1) is 11.3 Å². The quantitative estimate of drug-likeness (QED) is 0.761. The molecule has 1 saturated carbocycles. The normalized spacial score (nSPS) is 21.6. The average molecular weight is 353 g/mol. The Morgan fingerprint density at radius 1 is 1.50 bits per heavy atom. The SMILES string of the molecule is CCN(OC)C(=O)c1csc(C2CCCN2C(=O)OC2(C)CC2)n1. The minimum absolute atomic E-state index is 0.107. The summed E-state index contributed by atoms with van der Waals surface area (Å²) < 4.78 is 5.58. The van der Waals surface area contributed by atoms with Crippen LogP contribution < -0.4 is 0 Å². The highest BCUT2D eigenvalue weighted by Crippen LogP contribution is 2.41. The molecule has 1 aromatic heterocycles. The number of likely N-dealkylation sites (tertiary alicyclic amines) is 1. The van der Waals surface area contributed by atoms with E-state index < -0.39 is 0 Å². The van der Waals surface area contributed by atoms with Gasteiger partial charge < -0.3 is 4.74 Å². The molecule has 2 fully saturated rings. The molecule has 1 saturated heterocycles. The van der Waals surface area contributed by atoms with E-state index >= 15 is 0 Å². The van der Waals surface area contributed by atoms with Gasteiger partial charge in [-0.05, 0) is 39.5 Å². The molecule has 1 unspecified atom stereocenters. The van der Waals surface area contributed by atoms with Crippen LogP contribution in [-0.4, -0.2) is 52.7 Å². The Kier molecular flexibility index (Phi) is 4.78. The number of amides is 2. The van der Waals surface area contributed by atoms with Crippen LogP contribution in [0.3, 0.4) is 0 Å². The van der Waals surface area contributed by atoms with Crippen LogP contribution in [0.4, 0.5) is 4.79 Å². The van der Waals surface area contributed by atoms with E-state index in [1.54, 1.807) is 10.3 Å². The molecule has 0 aromatic carbocycles. The molecule has 1 atom stereocenters. The molecular formula is C16H23N3O4S. The number of carbonyl (C=O) groups is 2. The van der Waals surface area contributed by atoms with E-state index in [2.05, 4.69) is 4.98 Å². The minimum Gasteiger partial charge on any atom is -0.443 e. The van der Waals surface area contributed by atoms with Crippen LogP contribution in [0.15, 0.2) is 5.38 Å². The lowest BCUT2D eigenvalue weighted by molar-refractivity contribution is -0.0918. The molecule has 0 radical (unpaired) electrons. The Morgan fingerprint density at radius 2 is 2.25 bits per heavy atom. The van der Waals surface area contributed by atoms with Gasteiger partial charge in [-0.2, -0.15) is 0 Å². The zero-order chi connectivity index (χ0) is 17.3. The molecule has 1 aliphatic carbocycles. The van der Waals surface area contributed by atoms with Crippen LogP contribution in [0.25, 0.3) is 0 Å². The van der Waals surface area contributed by atoms with Gasteiger partial charge in [-0.25, -0.2) is 14.8 Å². The maximum atomic E-state index is 12.4. The van der Waals surface area contributed by atoms with E-state index in [0.29, 0.717) is 18.8 Å². The van der Waals surface area contributed by atoms with Crippen molar-refractivity contribution in [3.8, 4) is 0 Å². The van der Waals surface area contributed by atoms with Crippen molar-refractivity contribution in [1.29, 1.82) is 0 Å². The van der Waals surface area contributed by atoms with Crippen LogP contribution in [-0.2, 0) is 9.57 Å². The van der Waals surface area contributed by atoms with Gasteiger partial charge >= 0.3 is 6.09 Å². The van der Waals surface area contributed by atoms with Crippen molar-refractivity contribution < 1.29 is 19.2 Å². The summed E-state index contributed by atoms with van der Waals surface area (Å²) in [5.74, 6) is -0.264. The number of aromatic nitrogens is 1. The number of ether oxygens (including phenoxy) is 1. The molecule has 2 amide bonds. The molecule has 2 aliphatic rings. The predicted molar refractivity (Wildman–Crippen MR) is 88.6 cm³/mol. The smallest absolute Gasteiger partial charge is 0.410 e. The Balaban J connectivity index is 1.71. The lowest BCUT2D eigenvalue weighted by Crippen LogP contribution is -2.34. The molecule has 3 rings (SSSR count). The zero-order valence-electron chi connectivity index (χ0n) is 14.3. The minimum atomic E-state index is -0.283. The van der Waals surface area contributed by atoms with Crippen molar-refractivity contribution in [2.24, 2.45) is 0 Å². The van der Waals surface area contributed by atoms with Gasteiger partial charge in [0.25, 0.3) is 5.91 Å². The molecule has 8 heteroatoms. The second-order valence-corrected chi connectivity index (χ2v) is 7.31. The third-order valence-corrected chi connectivity index (χ3v) is 5.48. The molecule has 24 heavy (non-hydrogen) atoms. The number of carbonyl (C=O) groups excluding carboxylic acids is 2. The van der Waals surface area contributed by atoms with Crippen LogP contribution >= 0.6 is 11.3 Å². The Bertz CT molecular complexity index is 625. The van der Waals surface area contributed by atoms with Crippen molar-refractivity contribution >= 4 is 23.3 Å². The fraction of sp³-hybridized carbons (Fsp3) is 0.688. The standard InChI is InChI=1S/C16H23N3O4S/c1-4-19(22-3)14(20)11-10-24-13(17-11)12-6-5-9-18(12)15(21)23-16(2)7-8-16/h10,12H,4-9H2,1-3H3. The molecule has 7 nitrogen and oxygen atoms in total. The second kappa shape index (κ2) is 6.68. The van der Waals surface area contributed by atoms with E-state index in [1.165, 1.54) is 23.5 Å². The summed E-state index contributed by atoms with van der Waals surface area (Å²) in [7, 11) is 1.46. The molecule has 0 N–H and O–H groups in total. The number of thiazole rings is 1. The summed E-state index contributed by atoms with van der Waals surface area (Å²) in [6, 6.07) is -0.107. The first kappa shape index (κ1) is 17.2. The maximum Gasteiger partial charge on any atom is 0.410 e. The lowest BCUT2D eigenvalue weighted by atomic mass is 10.2. The number of hydroxylamine groups is 2. The van der Waals surface area contributed by atoms with Gasteiger partial charge in [0.05, 0.1) is 13.2 Å². The van der Waals surface area contributed by atoms with Crippen molar-refractivity contribution in [3.63, 3.8) is 0 Å². The highest BCUT2D eigenvalue weighted by molar-refractivity contribution is 7.09. The van der Waals surface area contributed by atoms with Gasteiger partial charge in [-0.3, -0.25) is 14.5 Å². The van der Waals surface area contributed by atoms with Crippen molar-refractivity contribution in [3.05, 3.63) is 16.1 Å². The number of hydrogen-bond donors (Lipinski definition) is 0. The third kappa shape index (κ3) is 3.39. The largest absolute Gasteiger partial charge is 0.443 e.